The second-order valence-electron chi connectivity index (χ2n) is 4.18. The summed E-state index contributed by atoms with van der Waals surface area (Å²) in [7, 11) is 3.75. The second-order valence-corrected chi connectivity index (χ2v) is 5.32. The Balaban J connectivity index is 2.22. The summed E-state index contributed by atoms with van der Waals surface area (Å²) in [6, 6.07) is 8.85. The SMILES string of the molecule is CNC(C)CCCCSc1ccccc1OC. The van der Waals surface area contributed by atoms with Gasteiger partial charge in [-0.1, -0.05) is 18.6 Å². The van der Waals surface area contributed by atoms with Gasteiger partial charge in [0, 0.05) is 10.9 Å². The summed E-state index contributed by atoms with van der Waals surface area (Å²) >= 11 is 1.89. The van der Waals surface area contributed by atoms with Crippen LogP contribution in [-0.2, 0) is 0 Å². The minimum absolute atomic E-state index is 0.631. The number of para-hydroxylation sites is 1. The molecular formula is C14H23NOS. The van der Waals surface area contributed by atoms with Gasteiger partial charge in [0.05, 0.1) is 7.11 Å². The highest BCUT2D eigenvalue weighted by Crippen LogP contribution is 2.29. The average Bonchev–Trinajstić information content (AvgIpc) is 2.38. The molecule has 0 aliphatic heterocycles. The van der Waals surface area contributed by atoms with E-state index in [2.05, 4.69) is 24.4 Å². The molecule has 1 N–H and O–H groups in total. The monoisotopic (exact) mass is 253 g/mol. The van der Waals surface area contributed by atoms with Crippen LogP contribution in [0.1, 0.15) is 26.2 Å². The quantitative estimate of drug-likeness (QED) is 0.565. The molecule has 0 saturated heterocycles. The Kier molecular flexibility index (Phi) is 7.13. The summed E-state index contributed by atoms with van der Waals surface area (Å²) in [6.07, 6.45) is 3.79. The lowest BCUT2D eigenvalue weighted by atomic mass is 10.1. The standard InChI is InChI=1S/C14H23NOS/c1-12(15-2)8-6-7-11-17-14-10-5-4-9-13(14)16-3/h4-5,9-10,12,15H,6-8,11H2,1-3H3. The van der Waals surface area contributed by atoms with E-state index in [4.69, 9.17) is 4.74 Å². The highest BCUT2D eigenvalue weighted by molar-refractivity contribution is 7.99. The predicted molar refractivity (Wildman–Crippen MR) is 76.1 cm³/mol. The van der Waals surface area contributed by atoms with Gasteiger partial charge in [-0.2, -0.15) is 0 Å². The van der Waals surface area contributed by atoms with Gasteiger partial charge in [0.25, 0.3) is 0 Å². The molecule has 0 aliphatic carbocycles. The van der Waals surface area contributed by atoms with Crippen molar-refractivity contribution in [3.63, 3.8) is 0 Å². The third-order valence-corrected chi connectivity index (χ3v) is 3.99. The molecule has 0 saturated carbocycles. The maximum Gasteiger partial charge on any atom is 0.132 e. The number of thioether (sulfide) groups is 1. The molecule has 1 rings (SSSR count). The van der Waals surface area contributed by atoms with Crippen LogP contribution in [0, 0.1) is 0 Å². The van der Waals surface area contributed by atoms with Crippen LogP contribution in [0.4, 0.5) is 0 Å². The van der Waals surface area contributed by atoms with Gasteiger partial charge >= 0.3 is 0 Å². The van der Waals surface area contributed by atoms with Crippen molar-refractivity contribution in [2.24, 2.45) is 0 Å². The summed E-state index contributed by atoms with van der Waals surface area (Å²) < 4.78 is 5.33. The number of hydrogen-bond donors (Lipinski definition) is 1. The van der Waals surface area contributed by atoms with Crippen LogP contribution in [0.5, 0.6) is 5.75 Å². The maximum absolute atomic E-state index is 5.33. The zero-order valence-electron chi connectivity index (χ0n) is 11.0. The number of benzene rings is 1. The fourth-order valence-corrected chi connectivity index (χ4v) is 2.65. The van der Waals surface area contributed by atoms with E-state index in [9.17, 15) is 0 Å². The van der Waals surface area contributed by atoms with Crippen LogP contribution in [0.25, 0.3) is 0 Å². The Morgan fingerprint density at radius 1 is 1.29 bits per heavy atom. The average molecular weight is 253 g/mol. The molecule has 96 valence electrons. The fraction of sp³-hybridized carbons (Fsp3) is 0.571. The molecule has 1 aromatic rings. The summed E-state index contributed by atoms with van der Waals surface area (Å²) in [5, 5.41) is 3.26. The van der Waals surface area contributed by atoms with Crippen molar-refractivity contribution in [2.45, 2.75) is 37.1 Å². The largest absolute Gasteiger partial charge is 0.496 e. The molecule has 1 unspecified atom stereocenters. The first-order valence-electron chi connectivity index (χ1n) is 6.21. The minimum Gasteiger partial charge on any atom is -0.496 e. The number of unbranched alkanes of at least 4 members (excludes halogenated alkanes) is 1. The van der Waals surface area contributed by atoms with Gasteiger partial charge in [0.1, 0.15) is 5.75 Å². The van der Waals surface area contributed by atoms with E-state index < -0.39 is 0 Å². The number of methoxy groups -OCH3 is 1. The summed E-state index contributed by atoms with van der Waals surface area (Å²) in [5.41, 5.74) is 0. The van der Waals surface area contributed by atoms with E-state index in [0.717, 1.165) is 11.5 Å². The van der Waals surface area contributed by atoms with Crippen LogP contribution < -0.4 is 10.1 Å². The Morgan fingerprint density at radius 3 is 2.76 bits per heavy atom. The third kappa shape index (κ3) is 5.46. The van der Waals surface area contributed by atoms with E-state index in [1.807, 2.05) is 30.9 Å². The molecule has 17 heavy (non-hydrogen) atoms. The van der Waals surface area contributed by atoms with Gasteiger partial charge in [0.2, 0.25) is 0 Å². The van der Waals surface area contributed by atoms with Crippen molar-refractivity contribution >= 4 is 11.8 Å². The summed E-state index contributed by atoms with van der Waals surface area (Å²) in [5.74, 6) is 2.15. The lowest BCUT2D eigenvalue weighted by Gasteiger charge is -2.10. The number of nitrogens with one attached hydrogen (secondary N) is 1. The van der Waals surface area contributed by atoms with Gasteiger partial charge in [-0.05, 0) is 44.7 Å². The molecule has 0 spiro atoms. The van der Waals surface area contributed by atoms with Gasteiger partial charge < -0.3 is 10.1 Å². The van der Waals surface area contributed by atoms with Crippen molar-refractivity contribution in [3.05, 3.63) is 24.3 Å². The summed E-state index contributed by atoms with van der Waals surface area (Å²) in [4.78, 5) is 1.25. The molecule has 0 aromatic heterocycles. The van der Waals surface area contributed by atoms with Crippen molar-refractivity contribution in [1.29, 1.82) is 0 Å². The Morgan fingerprint density at radius 2 is 2.06 bits per heavy atom. The van der Waals surface area contributed by atoms with E-state index in [1.54, 1.807) is 7.11 Å². The van der Waals surface area contributed by atoms with Gasteiger partial charge in [-0.15, -0.1) is 11.8 Å². The molecule has 0 aliphatic rings. The Bertz CT molecular complexity index is 317. The Labute approximate surface area is 109 Å². The molecule has 0 radical (unpaired) electrons. The van der Waals surface area contributed by atoms with Crippen LogP contribution in [0.3, 0.4) is 0 Å². The van der Waals surface area contributed by atoms with Crippen LogP contribution in [0.15, 0.2) is 29.2 Å². The minimum atomic E-state index is 0.631. The van der Waals surface area contributed by atoms with Crippen molar-refractivity contribution < 1.29 is 4.74 Å². The Hall–Kier alpha value is -0.670. The first kappa shape index (κ1) is 14.4. The van der Waals surface area contributed by atoms with Crippen molar-refractivity contribution in [1.82, 2.24) is 5.32 Å². The first-order valence-corrected chi connectivity index (χ1v) is 7.19. The topological polar surface area (TPSA) is 21.3 Å². The number of ether oxygens (including phenoxy) is 1. The smallest absolute Gasteiger partial charge is 0.132 e. The lowest BCUT2D eigenvalue weighted by molar-refractivity contribution is 0.405. The van der Waals surface area contributed by atoms with Crippen molar-refractivity contribution in [2.75, 3.05) is 19.9 Å². The van der Waals surface area contributed by atoms with E-state index >= 15 is 0 Å². The molecular weight excluding hydrogens is 230 g/mol. The number of hydrogen-bond acceptors (Lipinski definition) is 3. The van der Waals surface area contributed by atoms with Crippen LogP contribution in [-0.4, -0.2) is 26.0 Å². The molecule has 2 nitrogen and oxygen atoms in total. The number of rotatable bonds is 8. The van der Waals surface area contributed by atoms with Gasteiger partial charge in [0.15, 0.2) is 0 Å². The van der Waals surface area contributed by atoms with E-state index in [-0.39, 0.29) is 0 Å². The first-order chi connectivity index (χ1) is 8.27. The zero-order valence-corrected chi connectivity index (χ0v) is 11.8. The highest BCUT2D eigenvalue weighted by atomic mass is 32.2. The van der Waals surface area contributed by atoms with Crippen LogP contribution >= 0.6 is 11.8 Å². The van der Waals surface area contributed by atoms with E-state index in [0.29, 0.717) is 6.04 Å². The molecule has 0 heterocycles. The zero-order chi connectivity index (χ0) is 12.5. The van der Waals surface area contributed by atoms with E-state index in [1.165, 1.54) is 24.2 Å². The molecule has 1 aromatic carbocycles. The molecule has 0 fully saturated rings. The van der Waals surface area contributed by atoms with Gasteiger partial charge in [-0.3, -0.25) is 0 Å². The molecule has 0 bridgehead atoms. The third-order valence-electron chi connectivity index (χ3n) is 2.85. The summed E-state index contributed by atoms with van der Waals surface area (Å²) in [6.45, 7) is 2.23. The van der Waals surface area contributed by atoms with Gasteiger partial charge in [-0.25, -0.2) is 0 Å². The lowest BCUT2D eigenvalue weighted by Crippen LogP contribution is -2.20. The predicted octanol–water partition coefficient (Wildman–Crippen LogP) is 3.57. The fourth-order valence-electron chi connectivity index (χ4n) is 1.62. The molecule has 1 atom stereocenters. The molecule has 0 amide bonds. The highest BCUT2D eigenvalue weighted by Gasteiger charge is 2.02. The molecule has 3 heteroatoms. The van der Waals surface area contributed by atoms with Crippen molar-refractivity contribution in [3.8, 4) is 5.75 Å². The second kappa shape index (κ2) is 8.43. The maximum atomic E-state index is 5.33. The normalized spacial score (nSPS) is 12.4. The van der Waals surface area contributed by atoms with Crippen LogP contribution in [0.2, 0.25) is 0 Å².